The molecule has 0 bridgehead atoms. The Morgan fingerprint density at radius 3 is 2.49 bits per heavy atom. The van der Waals surface area contributed by atoms with Gasteiger partial charge < -0.3 is 19.1 Å². The third-order valence-corrected chi connectivity index (χ3v) is 11.1. The molecule has 1 saturated heterocycles. The summed E-state index contributed by atoms with van der Waals surface area (Å²) in [7, 11) is 1.92. The maximum Gasteiger partial charge on any atom is 0.254 e. The van der Waals surface area contributed by atoms with Gasteiger partial charge in [-0.25, -0.2) is 0 Å². The van der Waals surface area contributed by atoms with Gasteiger partial charge in [-0.05, 0) is 143 Å². The molecule has 1 aliphatic heterocycles. The molecule has 2 atom stereocenters. The van der Waals surface area contributed by atoms with Crippen molar-refractivity contribution in [3.63, 3.8) is 0 Å². The van der Waals surface area contributed by atoms with Crippen molar-refractivity contribution < 1.29 is 14.1 Å². The third-order valence-electron chi connectivity index (χ3n) is 9.35. The van der Waals surface area contributed by atoms with E-state index in [2.05, 4.69) is 23.1 Å². The summed E-state index contributed by atoms with van der Waals surface area (Å²) < 4.78 is 18.4. The first kappa shape index (κ1) is 34.1. The van der Waals surface area contributed by atoms with Crippen molar-refractivity contribution in [2.75, 3.05) is 39.5 Å². The maximum atomic E-state index is 14.1. The number of halogens is 2. The number of carbonyl (C=O) groups excluding carboxylic acids is 1. The van der Waals surface area contributed by atoms with Crippen LogP contribution < -0.4 is 4.74 Å². The standard InChI is InChI=1S/C37H46Cl2N2O3S/c1-25(2)44-30-21-28-9-5-6-10-31(28)33(23-30)37(42)40(3)24-29(27-13-14-34(38)35(39)22-27)17-20-41-18-15-26(16-19-41)32-11-7-8-12-36(32)45(4)43/h7-8,11-14,21-23,25-26,29H,5-6,9-10,15-20,24H2,1-4H3/t29-,45+/m1/s1. The van der Waals surface area contributed by atoms with Crippen LogP contribution in [0.15, 0.2) is 59.5 Å². The number of fused-ring (bicyclic) bond motifs is 1. The summed E-state index contributed by atoms with van der Waals surface area (Å²) >= 11 is 11.8. The smallest absolute Gasteiger partial charge is 0.254 e. The molecule has 0 unspecified atom stereocenters. The molecule has 5 rings (SSSR count). The van der Waals surface area contributed by atoms with Crippen molar-refractivity contribution in [2.24, 2.45) is 0 Å². The van der Waals surface area contributed by atoms with Gasteiger partial charge in [0.2, 0.25) is 0 Å². The van der Waals surface area contributed by atoms with Crippen LogP contribution in [0.5, 0.6) is 5.75 Å². The highest BCUT2D eigenvalue weighted by molar-refractivity contribution is 7.90. The first-order chi connectivity index (χ1) is 21.6. The predicted molar refractivity (Wildman–Crippen MR) is 187 cm³/mol. The predicted octanol–water partition coefficient (Wildman–Crippen LogP) is 8.52. The lowest BCUT2D eigenvalue weighted by atomic mass is 9.87. The van der Waals surface area contributed by atoms with Crippen LogP contribution in [0.1, 0.15) is 90.4 Å². The summed E-state index contributed by atoms with van der Waals surface area (Å²) in [6.07, 6.45) is 8.95. The Kier molecular flexibility index (Phi) is 11.8. The number of carbonyl (C=O) groups is 1. The van der Waals surface area contributed by atoms with E-state index in [4.69, 9.17) is 27.9 Å². The number of piperidine rings is 1. The van der Waals surface area contributed by atoms with Crippen LogP contribution in [-0.4, -0.2) is 65.8 Å². The first-order valence-corrected chi connectivity index (χ1v) is 18.6. The molecular weight excluding hydrogens is 623 g/mol. The fraction of sp³-hybridized carbons (Fsp3) is 0.486. The summed E-state index contributed by atoms with van der Waals surface area (Å²) in [5.41, 5.74) is 5.52. The molecule has 3 aromatic carbocycles. The van der Waals surface area contributed by atoms with Gasteiger partial charge in [0.1, 0.15) is 12.0 Å². The van der Waals surface area contributed by atoms with Gasteiger partial charge in [-0.1, -0.05) is 47.5 Å². The summed E-state index contributed by atoms with van der Waals surface area (Å²) in [5, 5.41) is 1.07. The van der Waals surface area contributed by atoms with Crippen molar-refractivity contribution in [1.82, 2.24) is 9.80 Å². The quantitative estimate of drug-likeness (QED) is 0.192. The second-order valence-electron chi connectivity index (χ2n) is 12.9. The van der Waals surface area contributed by atoms with E-state index < -0.39 is 11.2 Å². The van der Waals surface area contributed by atoms with E-state index in [9.17, 15) is 9.35 Å². The number of likely N-dealkylation sites (tertiary alicyclic amines) is 1. The largest absolute Gasteiger partial charge is 0.612 e. The lowest BCUT2D eigenvalue weighted by Gasteiger charge is -2.34. The van der Waals surface area contributed by atoms with Gasteiger partial charge in [-0.3, -0.25) is 4.79 Å². The van der Waals surface area contributed by atoms with Gasteiger partial charge in [0.25, 0.3) is 5.91 Å². The average molecular weight is 670 g/mol. The number of amides is 1. The van der Waals surface area contributed by atoms with Crippen molar-refractivity contribution in [3.05, 3.63) is 92.5 Å². The Labute approximate surface area is 282 Å². The lowest BCUT2D eigenvalue weighted by Crippen LogP contribution is -2.36. The Hall–Kier alpha value is -2.22. The van der Waals surface area contributed by atoms with Gasteiger partial charge in [0.15, 0.2) is 4.90 Å². The van der Waals surface area contributed by atoms with E-state index in [1.165, 1.54) is 16.7 Å². The molecule has 3 aromatic rings. The average Bonchev–Trinajstić information content (AvgIpc) is 3.03. The van der Waals surface area contributed by atoms with Crippen molar-refractivity contribution in [2.45, 2.75) is 81.6 Å². The molecule has 1 fully saturated rings. The van der Waals surface area contributed by atoms with Crippen LogP contribution in [0.4, 0.5) is 0 Å². The van der Waals surface area contributed by atoms with E-state index in [0.29, 0.717) is 22.5 Å². The van der Waals surface area contributed by atoms with Gasteiger partial charge in [-0.15, -0.1) is 0 Å². The molecule has 0 spiro atoms. The van der Waals surface area contributed by atoms with E-state index in [0.717, 1.165) is 86.4 Å². The zero-order valence-electron chi connectivity index (χ0n) is 27.0. The molecule has 0 radical (unpaired) electrons. The molecular formula is C37H46Cl2N2O3S. The Morgan fingerprint density at radius 1 is 1.04 bits per heavy atom. The molecule has 0 saturated carbocycles. The van der Waals surface area contributed by atoms with E-state index in [1.54, 1.807) is 6.26 Å². The SMILES string of the molecule is CC(C)Oc1cc2c(c(C(=O)N(C)C[C@@H](CCN3CCC(c4ccccc4[S@+](C)[O-])CC3)c3ccc(Cl)c(Cl)c3)c1)CCCC2. The Balaban J connectivity index is 1.30. The monoisotopic (exact) mass is 668 g/mol. The van der Waals surface area contributed by atoms with E-state index in [1.807, 2.05) is 62.2 Å². The third kappa shape index (κ3) is 8.58. The highest BCUT2D eigenvalue weighted by atomic mass is 35.5. The fourth-order valence-corrected chi connectivity index (χ4v) is 8.15. The molecule has 242 valence electrons. The Morgan fingerprint density at radius 2 is 1.78 bits per heavy atom. The van der Waals surface area contributed by atoms with Crippen LogP contribution in [-0.2, 0) is 24.0 Å². The molecule has 45 heavy (non-hydrogen) atoms. The minimum Gasteiger partial charge on any atom is -0.612 e. The number of rotatable bonds is 11. The zero-order chi connectivity index (χ0) is 32.1. The summed E-state index contributed by atoms with van der Waals surface area (Å²) in [6, 6.07) is 18.1. The number of hydrogen-bond acceptors (Lipinski definition) is 4. The summed E-state index contributed by atoms with van der Waals surface area (Å²) in [4.78, 5) is 19.5. The van der Waals surface area contributed by atoms with Crippen molar-refractivity contribution >= 4 is 40.3 Å². The molecule has 1 amide bonds. The molecule has 2 aliphatic rings. The molecule has 5 nitrogen and oxygen atoms in total. The van der Waals surface area contributed by atoms with Gasteiger partial charge in [0, 0.05) is 30.6 Å². The molecule has 8 heteroatoms. The number of hydrogen-bond donors (Lipinski definition) is 0. The second kappa shape index (κ2) is 15.6. The Bertz CT molecular complexity index is 1470. The van der Waals surface area contributed by atoms with Crippen LogP contribution in [0.25, 0.3) is 0 Å². The highest BCUT2D eigenvalue weighted by Gasteiger charge is 2.28. The molecule has 1 heterocycles. The maximum absolute atomic E-state index is 14.1. The molecule has 0 aromatic heterocycles. The highest BCUT2D eigenvalue weighted by Crippen LogP contribution is 2.35. The number of benzene rings is 3. The first-order valence-electron chi connectivity index (χ1n) is 16.3. The number of nitrogens with zero attached hydrogens (tertiary/aromatic N) is 2. The zero-order valence-corrected chi connectivity index (χ0v) is 29.3. The van der Waals surface area contributed by atoms with Gasteiger partial charge >= 0.3 is 0 Å². The minimum atomic E-state index is -0.987. The number of aryl methyl sites for hydroxylation is 1. The summed E-state index contributed by atoms with van der Waals surface area (Å²) in [6.45, 7) is 7.52. The number of ether oxygens (including phenoxy) is 1. The van der Waals surface area contributed by atoms with Crippen LogP contribution in [0.3, 0.4) is 0 Å². The molecule has 0 N–H and O–H groups in total. The van der Waals surface area contributed by atoms with Crippen molar-refractivity contribution in [3.8, 4) is 5.75 Å². The van der Waals surface area contributed by atoms with Crippen LogP contribution >= 0.6 is 23.2 Å². The van der Waals surface area contributed by atoms with E-state index in [-0.39, 0.29) is 17.9 Å². The normalized spacial score (nSPS) is 17.2. The lowest BCUT2D eigenvalue weighted by molar-refractivity contribution is 0.0779. The van der Waals surface area contributed by atoms with Crippen LogP contribution in [0, 0.1) is 0 Å². The minimum absolute atomic E-state index is 0.0419. The van der Waals surface area contributed by atoms with Gasteiger partial charge in [0.05, 0.1) is 16.1 Å². The number of likely N-dealkylation sites (N-methyl/N-ethyl adjacent to an activating group) is 1. The molecule has 1 aliphatic carbocycles. The van der Waals surface area contributed by atoms with Crippen LogP contribution in [0.2, 0.25) is 10.0 Å². The van der Waals surface area contributed by atoms with Gasteiger partial charge in [-0.2, -0.15) is 0 Å². The fourth-order valence-electron chi connectivity index (χ4n) is 7.00. The summed E-state index contributed by atoms with van der Waals surface area (Å²) in [5.74, 6) is 1.35. The topological polar surface area (TPSA) is 55.8 Å². The second-order valence-corrected chi connectivity index (χ2v) is 15.1. The van der Waals surface area contributed by atoms with E-state index >= 15 is 0 Å². The van der Waals surface area contributed by atoms with Crippen molar-refractivity contribution in [1.29, 1.82) is 0 Å².